The Morgan fingerprint density at radius 1 is 1.16 bits per heavy atom. The lowest BCUT2D eigenvalue weighted by molar-refractivity contribution is 0.0992. The van der Waals surface area contributed by atoms with Gasteiger partial charge in [-0.05, 0) is 36.8 Å². The summed E-state index contributed by atoms with van der Waals surface area (Å²) >= 11 is 11.9. The third-order valence-electron chi connectivity index (χ3n) is 2.82. The first-order valence-corrected chi connectivity index (χ1v) is 6.47. The van der Waals surface area contributed by atoms with Crippen LogP contribution in [0.3, 0.4) is 0 Å². The van der Waals surface area contributed by atoms with Crippen LogP contribution >= 0.6 is 23.2 Å². The van der Waals surface area contributed by atoms with Gasteiger partial charge in [-0.2, -0.15) is 0 Å². The van der Waals surface area contributed by atoms with Crippen LogP contribution in [0.5, 0.6) is 0 Å². The van der Waals surface area contributed by atoms with Crippen molar-refractivity contribution in [3.05, 3.63) is 69.0 Å². The summed E-state index contributed by atoms with van der Waals surface area (Å²) in [6.45, 7) is 1.88. The summed E-state index contributed by atoms with van der Waals surface area (Å²) in [7, 11) is 0. The zero-order valence-corrected chi connectivity index (χ0v) is 11.7. The molecule has 0 aliphatic carbocycles. The van der Waals surface area contributed by atoms with E-state index in [0.29, 0.717) is 10.6 Å². The number of hydrogen-bond donors (Lipinski definition) is 0. The highest BCUT2D eigenvalue weighted by molar-refractivity contribution is 6.34. The SMILES string of the molecule is Cc1ccc(C(=O)Cc2c(F)cccc2Cl)c(Cl)c1. The molecule has 0 fully saturated rings. The number of rotatable bonds is 3. The van der Waals surface area contributed by atoms with Crippen molar-refractivity contribution in [3.8, 4) is 0 Å². The number of hydrogen-bond acceptors (Lipinski definition) is 1. The lowest BCUT2D eigenvalue weighted by atomic mass is 10.0. The van der Waals surface area contributed by atoms with Gasteiger partial charge in [-0.1, -0.05) is 35.3 Å². The van der Waals surface area contributed by atoms with Crippen LogP contribution in [-0.4, -0.2) is 5.78 Å². The molecule has 0 heterocycles. The highest BCUT2D eigenvalue weighted by atomic mass is 35.5. The van der Waals surface area contributed by atoms with E-state index in [1.54, 1.807) is 24.3 Å². The maximum absolute atomic E-state index is 13.6. The number of aryl methyl sites for hydroxylation is 1. The van der Waals surface area contributed by atoms with Crippen LogP contribution in [0.4, 0.5) is 4.39 Å². The smallest absolute Gasteiger partial charge is 0.168 e. The lowest BCUT2D eigenvalue weighted by Gasteiger charge is -2.07. The van der Waals surface area contributed by atoms with Crippen LogP contribution in [0, 0.1) is 12.7 Å². The molecular weight excluding hydrogens is 286 g/mol. The lowest BCUT2D eigenvalue weighted by Crippen LogP contribution is -2.06. The van der Waals surface area contributed by atoms with Gasteiger partial charge in [0.25, 0.3) is 0 Å². The van der Waals surface area contributed by atoms with Crippen LogP contribution in [0.15, 0.2) is 36.4 Å². The van der Waals surface area contributed by atoms with Crippen molar-refractivity contribution in [2.75, 3.05) is 0 Å². The van der Waals surface area contributed by atoms with E-state index in [0.717, 1.165) is 5.56 Å². The van der Waals surface area contributed by atoms with E-state index >= 15 is 0 Å². The molecule has 0 N–H and O–H groups in total. The van der Waals surface area contributed by atoms with Crippen LogP contribution in [0.25, 0.3) is 0 Å². The number of carbonyl (C=O) groups is 1. The van der Waals surface area contributed by atoms with Crippen LogP contribution in [0.1, 0.15) is 21.5 Å². The average molecular weight is 297 g/mol. The molecule has 0 unspecified atom stereocenters. The second kappa shape index (κ2) is 5.72. The minimum atomic E-state index is -0.482. The van der Waals surface area contributed by atoms with E-state index < -0.39 is 5.82 Å². The normalized spacial score (nSPS) is 10.5. The summed E-state index contributed by atoms with van der Waals surface area (Å²) in [6.07, 6.45) is -0.103. The third-order valence-corrected chi connectivity index (χ3v) is 3.49. The number of Topliss-reactive ketones (excluding diaryl/α,β-unsaturated/α-hetero) is 1. The van der Waals surface area contributed by atoms with Crippen molar-refractivity contribution in [2.24, 2.45) is 0 Å². The summed E-state index contributed by atoms with van der Waals surface area (Å²) in [5, 5.41) is 0.619. The number of benzene rings is 2. The molecule has 0 amide bonds. The van der Waals surface area contributed by atoms with Gasteiger partial charge in [0.1, 0.15) is 5.82 Å². The molecule has 0 bridgehead atoms. The summed E-state index contributed by atoms with van der Waals surface area (Å²) in [4.78, 5) is 12.1. The van der Waals surface area contributed by atoms with Gasteiger partial charge in [0.2, 0.25) is 0 Å². The Morgan fingerprint density at radius 2 is 1.89 bits per heavy atom. The Hall–Kier alpha value is -1.38. The van der Waals surface area contributed by atoms with Crippen LogP contribution < -0.4 is 0 Å². The molecule has 0 aliphatic rings. The molecule has 19 heavy (non-hydrogen) atoms. The van der Waals surface area contributed by atoms with E-state index in [1.807, 2.05) is 6.92 Å². The van der Waals surface area contributed by atoms with Gasteiger partial charge in [-0.15, -0.1) is 0 Å². The molecule has 0 atom stereocenters. The quantitative estimate of drug-likeness (QED) is 0.739. The monoisotopic (exact) mass is 296 g/mol. The van der Waals surface area contributed by atoms with Crippen molar-refractivity contribution in [3.63, 3.8) is 0 Å². The first-order valence-electron chi connectivity index (χ1n) is 5.71. The fourth-order valence-electron chi connectivity index (χ4n) is 1.80. The van der Waals surface area contributed by atoms with Crippen molar-refractivity contribution in [2.45, 2.75) is 13.3 Å². The highest BCUT2D eigenvalue weighted by Crippen LogP contribution is 2.24. The maximum atomic E-state index is 13.6. The zero-order chi connectivity index (χ0) is 14.0. The summed E-state index contributed by atoms with van der Waals surface area (Å²) < 4.78 is 13.6. The average Bonchev–Trinajstić information content (AvgIpc) is 2.33. The number of halogens is 3. The first-order chi connectivity index (χ1) is 8.99. The minimum absolute atomic E-state index is 0.103. The van der Waals surface area contributed by atoms with Gasteiger partial charge < -0.3 is 0 Å². The molecule has 2 aromatic carbocycles. The predicted molar refractivity (Wildman–Crippen MR) is 75.6 cm³/mol. The summed E-state index contributed by atoms with van der Waals surface area (Å²) in [5.41, 5.74) is 1.54. The fraction of sp³-hybridized carbons (Fsp3) is 0.133. The molecule has 0 aliphatic heterocycles. The van der Waals surface area contributed by atoms with E-state index in [1.165, 1.54) is 12.1 Å². The molecule has 0 aromatic heterocycles. The minimum Gasteiger partial charge on any atom is -0.294 e. The van der Waals surface area contributed by atoms with E-state index in [2.05, 4.69) is 0 Å². The van der Waals surface area contributed by atoms with E-state index in [9.17, 15) is 9.18 Å². The molecular formula is C15H11Cl2FO. The standard InChI is InChI=1S/C15H11Cl2FO/c1-9-5-6-10(13(17)7-9)15(19)8-11-12(16)3-2-4-14(11)18/h2-7H,8H2,1H3. The summed E-state index contributed by atoms with van der Waals surface area (Å²) in [5.74, 6) is -0.735. The Balaban J connectivity index is 2.31. The maximum Gasteiger partial charge on any atom is 0.168 e. The molecule has 2 aromatic rings. The second-order valence-corrected chi connectivity index (χ2v) is 5.10. The van der Waals surface area contributed by atoms with Crippen molar-refractivity contribution >= 4 is 29.0 Å². The van der Waals surface area contributed by atoms with E-state index in [4.69, 9.17) is 23.2 Å². The molecule has 0 spiro atoms. The number of ketones is 1. The Labute approximate surface area is 121 Å². The molecule has 0 radical (unpaired) electrons. The molecule has 1 nitrogen and oxygen atoms in total. The third kappa shape index (κ3) is 3.14. The van der Waals surface area contributed by atoms with Crippen molar-refractivity contribution in [1.29, 1.82) is 0 Å². The predicted octanol–water partition coefficient (Wildman–Crippen LogP) is 4.87. The Kier molecular flexibility index (Phi) is 4.23. The van der Waals surface area contributed by atoms with Gasteiger partial charge in [-0.25, -0.2) is 4.39 Å². The van der Waals surface area contributed by atoms with Gasteiger partial charge in [-0.3, -0.25) is 4.79 Å². The van der Waals surface area contributed by atoms with Gasteiger partial charge in [0, 0.05) is 22.6 Å². The Bertz CT molecular complexity index is 618. The van der Waals surface area contributed by atoms with Crippen molar-refractivity contribution in [1.82, 2.24) is 0 Å². The molecule has 0 saturated heterocycles. The second-order valence-electron chi connectivity index (χ2n) is 4.28. The molecule has 4 heteroatoms. The highest BCUT2D eigenvalue weighted by Gasteiger charge is 2.15. The molecule has 2 rings (SSSR count). The van der Waals surface area contributed by atoms with Crippen LogP contribution in [-0.2, 0) is 6.42 Å². The number of carbonyl (C=O) groups excluding carboxylic acids is 1. The van der Waals surface area contributed by atoms with Gasteiger partial charge >= 0.3 is 0 Å². The molecule has 98 valence electrons. The van der Waals surface area contributed by atoms with Crippen molar-refractivity contribution < 1.29 is 9.18 Å². The van der Waals surface area contributed by atoms with Crippen LogP contribution in [0.2, 0.25) is 10.0 Å². The zero-order valence-electron chi connectivity index (χ0n) is 10.2. The largest absolute Gasteiger partial charge is 0.294 e. The van der Waals surface area contributed by atoms with Gasteiger partial charge in [0.15, 0.2) is 5.78 Å². The fourth-order valence-corrected chi connectivity index (χ4v) is 2.37. The first kappa shape index (κ1) is 14.0. The topological polar surface area (TPSA) is 17.1 Å². The Morgan fingerprint density at radius 3 is 2.53 bits per heavy atom. The molecule has 0 saturated carbocycles. The summed E-state index contributed by atoms with van der Waals surface area (Å²) in [6, 6.07) is 9.49. The van der Waals surface area contributed by atoms with E-state index in [-0.39, 0.29) is 22.8 Å². The van der Waals surface area contributed by atoms with Gasteiger partial charge in [0.05, 0.1) is 5.02 Å².